The van der Waals surface area contributed by atoms with Crippen molar-refractivity contribution in [3.05, 3.63) is 110 Å². The number of ether oxygens (including phenoxy) is 1. The lowest BCUT2D eigenvalue weighted by Gasteiger charge is -2.36. The van der Waals surface area contributed by atoms with E-state index in [-0.39, 0.29) is 29.1 Å². The van der Waals surface area contributed by atoms with Crippen molar-refractivity contribution < 1.29 is 37.7 Å². The molecule has 3 heterocycles. The maximum atomic E-state index is 13.5. The van der Waals surface area contributed by atoms with Crippen molar-refractivity contribution >= 4 is 55.4 Å². The van der Waals surface area contributed by atoms with Crippen LogP contribution < -0.4 is 41.8 Å². The van der Waals surface area contributed by atoms with Gasteiger partial charge in [-0.25, -0.2) is 14.0 Å². The number of aromatic carboxylic acids is 1. The van der Waals surface area contributed by atoms with Gasteiger partial charge in [-0.2, -0.15) is 0 Å². The molecule has 2 aromatic carbocycles. The molecule has 1 aliphatic carbocycles. The smallest absolute Gasteiger partial charge is 0.330 e. The third-order valence-electron chi connectivity index (χ3n) is 12.1. The maximum Gasteiger partial charge on any atom is 0.330 e. The molecule has 4 atom stereocenters. The molecular weight excluding hydrogens is 928 g/mol. The number of fused-ring (bicyclic) bond motifs is 2. The number of benzene rings is 3. The van der Waals surface area contributed by atoms with Gasteiger partial charge < -0.3 is 43.6 Å². The molecule has 0 bridgehead atoms. The number of aromatic nitrogens is 2. The Labute approximate surface area is 415 Å². The van der Waals surface area contributed by atoms with Gasteiger partial charge in [-0.1, -0.05) is 18.9 Å². The molecule has 3 aliphatic rings. The number of hydrogen-bond donors (Lipinski definition) is 3. The van der Waals surface area contributed by atoms with Crippen LogP contribution >= 0.6 is 8.53 Å². The van der Waals surface area contributed by atoms with Crippen LogP contribution in [0, 0.1) is 0 Å². The first kappa shape index (κ1) is 53.9. The molecule has 2 amide bonds. The number of unbranched alkanes of at least 4 members (excludes halogenated alkanes) is 3. The van der Waals surface area contributed by atoms with Crippen molar-refractivity contribution in [1.29, 1.82) is 0 Å². The first-order chi connectivity index (χ1) is 33.9. The van der Waals surface area contributed by atoms with Gasteiger partial charge in [0.1, 0.15) is 31.7 Å². The third kappa shape index (κ3) is 13.5. The first-order valence-electron chi connectivity index (χ1n) is 24.1. The highest BCUT2D eigenvalue weighted by atomic mass is 31.2. The molecule has 3 N–H and O–H groups in total. The Hall–Kier alpha value is -6.46. The van der Waals surface area contributed by atoms with Crippen molar-refractivity contribution in [3.8, 4) is 22.5 Å². The standard InChI is InChI=1S/C52H67N8O10P/c1-11-53-31-67-71(60(32(2)3)33(4)5)70-43-29-47(68-34(43)6)59-30-36(50(63)56-52(59)66)17-23-46(61)54-24-14-12-13-15-25-55-49(62)35-16-20-39(51(64)65)42(26-35)48-40-21-18-37(57(7)8)27-44(40)69-45-28-38(58(9)10)19-22-41(45)48/h16-23,26-28,30-34,43,47H,11-15,24-25,29H2,1-10H3,(H3-,54,55,56,61,62,63,64,65,66)/b23-17+,53-31?. The number of amides is 2. The summed E-state index contributed by atoms with van der Waals surface area (Å²) in [5.74, 6) is -1.56. The van der Waals surface area contributed by atoms with Crippen LogP contribution in [0.4, 0.5) is 5.69 Å². The van der Waals surface area contributed by atoms with Crippen molar-refractivity contribution in [2.45, 2.75) is 104 Å². The van der Waals surface area contributed by atoms with Crippen LogP contribution in [0.2, 0.25) is 0 Å². The van der Waals surface area contributed by atoms with Crippen LogP contribution in [0.3, 0.4) is 0 Å². The van der Waals surface area contributed by atoms with E-state index in [2.05, 4.69) is 53.0 Å². The quantitative estimate of drug-likeness (QED) is 0.0144. The van der Waals surface area contributed by atoms with Crippen molar-refractivity contribution in [2.24, 2.45) is 4.99 Å². The van der Waals surface area contributed by atoms with E-state index in [0.717, 1.165) is 23.9 Å². The van der Waals surface area contributed by atoms with E-state index in [1.54, 1.807) is 6.07 Å². The SMILES string of the molecule is CCN=COP(OC1CC(n2cc(/C=C/C(=O)NCCCCCCNC(=O)c3ccc(C(=O)[O-])c(-c4c5ccc(=[N+](C)C)cc-5oc5cc(N(C)C)ccc45)c3)c(=O)[nH]c2=O)OC1C)N(C(C)C)C(C)C. The second-order valence-corrected chi connectivity index (χ2v) is 19.8. The molecule has 2 aliphatic heterocycles. The number of hydrogen-bond acceptors (Lipinski definition) is 13. The van der Waals surface area contributed by atoms with E-state index in [1.165, 1.54) is 41.4 Å². The summed E-state index contributed by atoms with van der Waals surface area (Å²) in [6.45, 7) is 13.4. The maximum absolute atomic E-state index is 13.5. The molecule has 1 fully saturated rings. The summed E-state index contributed by atoms with van der Waals surface area (Å²) >= 11 is 0. The Morgan fingerprint density at radius 2 is 1.69 bits per heavy atom. The zero-order valence-corrected chi connectivity index (χ0v) is 43.2. The Balaban J connectivity index is 1.01. The van der Waals surface area contributed by atoms with E-state index in [4.69, 9.17) is 18.2 Å². The summed E-state index contributed by atoms with van der Waals surface area (Å²) in [4.78, 5) is 73.1. The number of carboxylic acids is 1. The van der Waals surface area contributed by atoms with Gasteiger partial charge in [0.05, 0.1) is 29.8 Å². The zero-order valence-electron chi connectivity index (χ0n) is 42.3. The number of nitrogens with zero attached hydrogens (tertiary/aromatic N) is 5. The van der Waals surface area contributed by atoms with Gasteiger partial charge in [-0.15, -0.1) is 0 Å². The van der Waals surface area contributed by atoms with Gasteiger partial charge in [0.25, 0.3) is 11.5 Å². The summed E-state index contributed by atoms with van der Waals surface area (Å²) in [5.41, 5.74) is 2.18. The fraction of sp³-hybridized carbons (Fsp3) is 0.442. The van der Waals surface area contributed by atoms with Gasteiger partial charge in [0.15, 0.2) is 6.40 Å². The molecule has 1 aromatic heterocycles. The predicted molar refractivity (Wildman–Crippen MR) is 276 cm³/mol. The molecule has 0 saturated carbocycles. The number of anilines is 1. The highest BCUT2D eigenvalue weighted by Gasteiger charge is 2.40. The normalized spacial score (nSPS) is 16.5. The fourth-order valence-corrected chi connectivity index (χ4v) is 10.1. The molecular formula is C52H67N8O10P. The van der Waals surface area contributed by atoms with Gasteiger partial charge in [-0.05, 0) is 96.4 Å². The summed E-state index contributed by atoms with van der Waals surface area (Å²) in [5, 5.41) is 19.9. The van der Waals surface area contributed by atoms with Crippen LogP contribution in [-0.2, 0) is 18.6 Å². The van der Waals surface area contributed by atoms with Crippen LogP contribution in [0.15, 0.2) is 85.9 Å². The van der Waals surface area contributed by atoms with Gasteiger partial charge in [0, 0.05) is 110 Å². The van der Waals surface area contributed by atoms with Crippen LogP contribution in [0.1, 0.15) is 106 Å². The van der Waals surface area contributed by atoms with Gasteiger partial charge >= 0.3 is 14.2 Å². The number of H-pyrrole nitrogens is 1. The molecule has 71 heavy (non-hydrogen) atoms. The Bertz CT molecular complexity index is 2910. The Morgan fingerprint density at radius 1 is 0.972 bits per heavy atom. The van der Waals surface area contributed by atoms with E-state index in [0.29, 0.717) is 77.9 Å². The lowest BCUT2D eigenvalue weighted by atomic mass is 9.89. The van der Waals surface area contributed by atoms with Crippen LogP contribution in [0.5, 0.6) is 0 Å². The molecule has 380 valence electrons. The minimum Gasteiger partial charge on any atom is -0.545 e. The first-order valence-corrected chi connectivity index (χ1v) is 25.2. The Kier molecular flexibility index (Phi) is 18.7. The summed E-state index contributed by atoms with van der Waals surface area (Å²) in [7, 11) is 6.16. The second-order valence-electron chi connectivity index (χ2n) is 18.4. The Morgan fingerprint density at radius 3 is 2.35 bits per heavy atom. The van der Waals surface area contributed by atoms with Gasteiger partial charge in [-0.3, -0.25) is 28.9 Å². The minimum atomic E-state index is -1.55. The van der Waals surface area contributed by atoms with E-state index in [1.807, 2.05) is 87.9 Å². The van der Waals surface area contributed by atoms with E-state index >= 15 is 0 Å². The van der Waals surface area contributed by atoms with Crippen molar-refractivity contribution in [3.63, 3.8) is 0 Å². The van der Waals surface area contributed by atoms with Crippen molar-refractivity contribution in [2.75, 3.05) is 52.7 Å². The lowest BCUT2D eigenvalue weighted by Crippen LogP contribution is -2.35. The number of carboxylic acid groups (broad SMARTS) is 1. The number of aromatic amines is 1. The summed E-state index contributed by atoms with van der Waals surface area (Å²) in [6, 6.07) is 16.2. The number of carbonyl (C=O) groups is 3. The fourth-order valence-electron chi connectivity index (χ4n) is 8.42. The number of aliphatic imine (C=N–C) groups is 1. The lowest BCUT2D eigenvalue weighted by molar-refractivity contribution is -0.255. The molecule has 18 nitrogen and oxygen atoms in total. The number of carbonyl (C=O) groups excluding carboxylic acids is 3. The molecule has 3 aromatic rings. The summed E-state index contributed by atoms with van der Waals surface area (Å²) in [6.07, 6.45) is 7.09. The largest absolute Gasteiger partial charge is 0.545 e. The molecule has 1 saturated heterocycles. The average Bonchev–Trinajstić information content (AvgIpc) is 3.68. The average molecular weight is 995 g/mol. The van der Waals surface area contributed by atoms with E-state index in [9.17, 15) is 29.1 Å². The van der Waals surface area contributed by atoms with E-state index < -0.39 is 50.1 Å². The van der Waals surface area contributed by atoms with Gasteiger partial charge in [0.2, 0.25) is 11.3 Å². The number of nitrogens with one attached hydrogen (secondary N) is 3. The molecule has 19 heteroatoms. The summed E-state index contributed by atoms with van der Waals surface area (Å²) < 4.78 is 30.5. The zero-order chi connectivity index (χ0) is 51.5. The topological polar surface area (TPSA) is 216 Å². The highest BCUT2D eigenvalue weighted by Crippen LogP contribution is 2.49. The predicted octanol–water partition coefficient (Wildman–Crippen LogP) is 5.74. The monoisotopic (exact) mass is 994 g/mol. The number of rotatable bonds is 22. The highest BCUT2D eigenvalue weighted by molar-refractivity contribution is 7.45. The molecule has 0 spiro atoms. The van der Waals surface area contributed by atoms with Crippen LogP contribution in [-0.4, -0.2) is 111 Å². The minimum absolute atomic E-state index is 0.0505. The molecule has 6 rings (SSSR count). The molecule has 0 radical (unpaired) electrons. The third-order valence-corrected chi connectivity index (χ3v) is 14.1. The second kappa shape index (κ2) is 24.6. The van der Waals surface area contributed by atoms with Crippen molar-refractivity contribution in [1.82, 2.24) is 29.4 Å². The molecule has 4 unspecified atom stereocenters. The van der Waals surface area contributed by atoms with Crippen LogP contribution in [0.25, 0.3) is 39.5 Å².